The van der Waals surface area contributed by atoms with Crippen molar-refractivity contribution in [3.05, 3.63) is 21.4 Å². The second kappa shape index (κ2) is 4.26. The first-order valence-electron chi connectivity index (χ1n) is 6.25. The predicted octanol–water partition coefficient (Wildman–Crippen LogP) is 2.92. The zero-order valence-electron chi connectivity index (χ0n) is 9.22. The van der Waals surface area contributed by atoms with E-state index in [0.29, 0.717) is 0 Å². The summed E-state index contributed by atoms with van der Waals surface area (Å²) in [6.07, 6.45) is 9.55. The predicted molar refractivity (Wildman–Crippen MR) is 65.7 cm³/mol. The number of fused-ring (bicyclic) bond motifs is 1. The fourth-order valence-electron chi connectivity index (χ4n) is 2.93. The minimum atomic E-state index is 0.769. The maximum absolute atomic E-state index is 3.61. The standard InChI is InChI=1S/C13H19NS/c1-2-6-13-12(5-1)10(9-15-13)8-11-4-3-7-14-11/h9,11,14H,1-8H2. The second-order valence-electron chi connectivity index (χ2n) is 4.87. The van der Waals surface area contributed by atoms with E-state index < -0.39 is 0 Å². The van der Waals surface area contributed by atoms with E-state index in [1.807, 2.05) is 11.3 Å². The number of nitrogens with one attached hydrogen (secondary N) is 1. The van der Waals surface area contributed by atoms with Crippen molar-refractivity contribution >= 4 is 11.3 Å². The second-order valence-corrected chi connectivity index (χ2v) is 5.83. The fourth-order valence-corrected chi connectivity index (χ4v) is 4.09. The van der Waals surface area contributed by atoms with Crippen LogP contribution in [-0.2, 0) is 19.3 Å². The summed E-state index contributed by atoms with van der Waals surface area (Å²) < 4.78 is 0. The molecule has 1 aromatic rings. The van der Waals surface area contributed by atoms with Crippen molar-refractivity contribution in [2.24, 2.45) is 0 Å². The third-order valence-corrected chi connectivity index (χ3v) is 4.91. The van der Waals surface area contributed by atoms with Crippen LogP contribution in [0.5, 0.6) is 0 Å². The zero-order chi connectivity index (χ0) is 10.1. The lowest BCUT2D eigenvalue weighted by Crippen LogP contribution is -2.24. The Bertz CT molecular complexity index is 336. The fraction of sp³-hybridized carbons (Fsp3) is 0.692. The van der Waals surface area contributed by atoms with E-state index in [4.69, 9.17) is 0 Å². The number of hydrogen-bond donors (Lipinski definition) is 1. The van der Waals surface area contributed by atoms with Crippen molar-refractivity contribution in [3.63, 3.8) is 0 Å². The third kappa shape index (κ3) is 1.98. The van der Waals surface area contributed by atoms with Gasteiger partial charge < -0.3 is 5.32 Å². The van der Waals surface area contributed by atoms with Gasteiger partial charge in [-0.25, -0.2) is 0 Å². The van der Waals surface area contributed by atoms with Gasteiger partial charge in [0.25, 0.3) is 0 Å². The van der Waals surface area contributed by atoms with Crippen LogP contribution < -0.4 is 5.32 Å². The lowest BCUT2D eigenvalue weighted by Gasteiger charge is -2.15. The molecule has 0 radical (unpaired) electrons. The topological polar surface area (TPSA) is 12.0 Å². The minimum absolute atomic E-state index is 0.769. The van der Waals surface area contributed by atoms with Crippen molar-refractivity contribution in [1.29, 1.82) is 0 Å². The van der Waals surface area contributed by atoms with Gasteiger partial charge in [0.1, 0.15) is 0 Å². The summed E-state index contributed by atoms with van der Waals surface area (Å²) in [5, 5.41) is 6.03. The summed E-state index contributed by atoms with van der Waals surface area (Å²) in [6, 6.07) is 0.769. The van der Waals surface area contributed by atoms with Crippen LogP contribution in [0.25, 0.3) is 0 Å². The maximum atomic E-state index is 3.61. The molecule has 0 bridgehead atoms. The van der Waals surface area contributed by atoms with Crippen LogP contribution in [0.1, 0.15) is 41.7 Å². The molecule has 1 aliphatic heterocycles. The number of thiophene rings is 1. The Labute approximate surface area is 95.9 Å². The molecular formula is C13H19NS. The highest BCUT2D eigenvalue weighted by Crippen LogP contribution is 2.31. The molecule has 0 spiro atoms. The maximum Gasteiger partial charge on any atom is 0.0108 e. The highest BCUT2D eigenvalue weighted by atomic mass is 32.1. The summed E-state index contributed by atoms with van der Waals surface area (Å²) in [6.45, 7) is 1.23. The summed E-state index contributed by atoms with van der Waals surface area (Å²) in [5.41, 5.74) is 3.38. The monoisotopic (exact) mass is 221 g/mol. The molecule has 2 heteroatoms. The molecule has 82 valence electrons. The first-order valence-corrected chi connectivity index (χ1v) is 7.13. The van der Waals surface area contributed by atoms with Gasteiger partial charge in [0.15, 0.2) is 0 Å². The van der Waals surface area contributed by atoms with Crippen LogP contribution in [0.2, 0.25) is 0 Å². The molecule has 2 aliphatic rings. The average Bonchev–Trinajstić information content (AvgIpc) is 2.89. The lowest BCUT2D eigenvalue weighted by molar-refractivity contribution is 0.596. The van der Waals surface area contributed by atoms with Gasteiger partial charge in [-0.05, 0) is 68.0 Å². The molecule has 0 amide bonds. The molecule has 15 heavy (non-hydrogen) atoms. The Hall–Kier alpha value is -0.340. The van der Waals surface area contributed by atoms with E-state index in [9.17, 15) is 0 Å². The van der Waals surface area contributed by atoms with E-state index >= 15 is 0 Å². The molecule has 1 fully saturated rings. The van der Waals surface area contributed by atoms with Crippen molar-refractivity contribution in [2.75, 3.05) is 6.54 Å². The highest BCUT2D eigenvalue weighted by Gasteiger charge is 2.20. The minimum Gasteiger partial charge on any atom is -0.314 e. The van der Waals surface area contributed by atoms with Gasteiger partial charge >= 0.3 is 0 Å². The van der Waals surface area contributed by atoms with Crippen LogP contribution >= 0.6 is 11.3 Å². The van der Waals surface area contributed by atoms with Gasteiger partial charge in [0, 0.05) is 10.9 Å². The van der Waals surface area contributed by atoms with Crippen LogP contribution in [0.15, 0.2) is 5.38 Å². The van der Waals surface area contributed by atoms with Crippen molar-refractivity contribution in [3.8, 4) is 0 Å². The molecule has 1 saturated heterocycles. The first-order chi connectivity index (χ1) is 7.43. The summed E-state index contributed by atoms with van der Waals surface area (Å²) in [7, 11) is 0. The summed E-state index contributed by atoms with van der Waals surface area (Å²) in [5.74, 6) is 0. The normalized spacial score (nSPS) is 25.5. The van der Waals surface area contributed by atoms with Gasteiger partial charge in [0.2, 0.25) is 0 Å². The molecule has 0 aromatic carbocycles. The number of rotatable bonds is 2. The SMILES string of the molecule is c1sc2c(c1CC1CCCN1)CCCC2. The Morgan fingerprint density at radius 1 is 1.27 bits per heavy atom. The van der Waals surface area contributed by atoms with E-state index in [0.717, 1.165) is 6.04 Å². The zero-order valence-corrected chi connectivity index (χ0v) is 10.0. The molecule has 1 N–H and O–H groups in total. The largest absolute Gasteiger partial charge is 0.314 e. The Kier molecular flexibility index (Phi) is 2.80. The van der Waals surface area contributed by atoms with E-state index in [1.165, 1.54) is 51.5 Å². The number of aryl methyl sites for hydroxylation is 1. The van der Waals surface area contributed by atoms with Gasteiger partial charge in [-0.2, -0.15) is 0 Å². The first kappa shape index (κ1) is 9.86. The Balaban J connectivity index is 1.76. The van der Waals surface area contributed by atoms with Gasteiger partial charge in [0.05, 0.1) is 0 Å². The molecule has 3 rings (SSSR count). The Morgan fingerprint density at radius 3 is 3.07 bits per heavy atom. The molecule has 1 atom stereocenters. The Morgan fingerprint density at radius 2 is 2.20 bits per heavy atom. The lowest BCUT2D eigenvalue weighted by atomic mass is 9.93. The molecule has 1 aliphatic carbocycles. The van der Waals surface area contributed by atoms with Crippen LogP contribution in [0, 0.1) is 0 Å². The van der Waals surface area contributed by atoms with Crippen molar-refractivity contribution in [1.82, 2.24) is 5.32 Å². The molecule has 1 nitrogen and oxygen atoms in total. The quantitative estimate of drug-likeness (QED) is 0.809. The van der Waals surface area contributed by atoms with Crippen molar-refractivity contribution < 1.29 is 0 Å². The smallest absolute Gasteiger partial charge is 0.0108 e. The van der Waals surface area contributed by atoms with Crippen molar-refractivity contribution in [2.45, 2.75) is 51.0 Å². The molecule has 0 saturated carbocycles. The van der Waals surface area contributed by atoms with Gasteiger partial charge in [-0.3, -0.25) is 0 Å². The van der Waals surface area contributed by atoms with Gasteiger partial charge in [-0.15, -0.1) is 11.3 Å². The highest BCUT2D eigenvalue weighted by molar-refractivity contribution is 7.10. The molecule has 2 heterocycles. The third-order valence-electron chi connectivity index (χ3n) is 3.78. The van der Waals surface area contributed by atoms with Crippen LogP contribution in [-0.4, -0.2) is 12.6 Å². The molecule has 1 aromatic heterocycles. The van der Waals surface area contributed by atoms with E-state index in [1.54, 1.807) is 16.0 Å². The summed E-state index contributed by atoms with van der Waals surface area (Å²) in [4.78, 5) is 1.69. The van der Waals surface area contributed by atoms with E-state index in [-0.39, 0.29) is 0 Å². The molecular weight excluding hydrogens is 202 g/mol. The van der Waals surface area contributed by atoms with E-state index in [2.05, 4.69) is 10.7 Å². The van der Waals surface area contributed by atoms with Crippen LogP contribution in [0.4, 0.5) is 0 Å². The van der Waals surface area contributed by atoms with Gasteiger partial charge in [-0.1, -0.05) is 0 Å². The average molecular weight is 221 g/mol. The summed E-state index contributed by atoms with van der Waals surface area (Å²) >= 11 is 2.01. The number of hydrogen-bond acceptors (Lipinski definition) is 2. The van der Waals surface area contributed by atoms with Crippen LogP contribution in [0.3, 0.4) is 0 Å². The molecule has 1 unspecified atom stereocenters.